The van der Waals surface area contributed by atoms with Gasteiger partial charge in [-0.25, -0.2) is 0 Å². The molecule has 0 spiro atoms. The van der Waals surface area contributed by atoms with Crippen LogP contribution in [-0.2, 0) is 0 Å². The Morgan fingerprint density at radius 3 is 2.94 bits per heavy atom. The maximum absolute atomic E-state index is 5.69. The molecule has 0 amide bonds. The molecule has 1 aliphatic rings. The maximum Gasteiger partial charge on any atom is 0.107 e. The van der Waals surface area contributed by atoms with Crippen LogP contribution < -0.4 is 0 Å². The second-order valence-electron chi connectivity index (χ2n) is 5.69. The molecule has 1 aliphatic heterocycles. The third-order valence-electron chi connectivity index (χ3n) is 3.87. The minimum Gasteiger partial charge on any atom is -0.466 e. The molecule has 1 saturated heterocycles. The van der Waals surface area contributed by atoms with Crippen molar-refractivity contribution in [2.24, 2.45) is 5.92 Å². The standard InChI is InChI=1S/C15H25NO/c1-12-5-4-9-16(11-12)10-8-13(2)15-7-6-14(3)17-15/h6-7,12-13H,4-5,8-11H2,1-3H3/t12-,13-/m0/s1. The van der Waals surface area contributed by atoms with E-state index in [4.69, 9.17) is 4.42 Å². The molecule has 2 nitrogen and oxygen atoms in total. The highest BCUT2D eigenvalue weighted by molar-refractivity contribution is 5.09. The Balaban J connectivity index is 1.77. The fraction of sp³-hybridized carbons (Fsp3) is 0.733. The number of nitrogens with zero attached hydrogens (tertiary/aromatic N) is 1. The number of hydrogen-bond acceptors (Lipinski definition) is 2. The van der Waals surface area contributed by atoms with Gasteiger partial charge in [-0.2, -0.15) is 0 Å². The number of aryl methyl sites for hydroxylation is 1. The van der Waals surface area contributed by atoms with E-state index in [0.717, 1.165) is 17.4 Å². The van der Waals surface area contributed by atoms with Gasteiger partial charge in [-0.3, -0.25) is 0 Å². The van der Waals surface area contributed by atoms with Crippen molar-refractivity contribution in [2.45, 2.75) is 46.0 Å². The normalized spacial score (nSPS) is 23.8. The van der Waals surface area contributed by atoms with Crippen LogP contribution in [0.4, 0.5) is 0 Å². The number of piperidine rings is 1. The van der Waals surface area contributed by atoms with Gasteiger partial charge in [-0.05, 0) is 57.3 Å². The lowest BCUT2D eigenvalue weighted by atomic mass is 9.99. The van der Waals surface area contributed by atoms with Crippen molar-refractivity contribution < 1.29 is 4.42 Å². The van der Waals surface area contributed by atoms with Gasteiger partial charge in [-0.15, -0.1) is 0 Å². The molecule has 1 aromatic rings. The van der Waals surface area contributed by atoms with Crippen molar-refractivity contribution in [3.63, 3.8) is 0 Å². The van der Waals surface area contributed by atoms with Gasteiger partial charge in [0.05, 0.1) is 0 Å². The predicted octanol–water partition coefficient (Wildman–Crippen LogP) is 3.81. The molecule has 0 bridgehead atoms. The molecule has 17 heavy (non-hydrogen) atoms. The molecule has 1 fully saturated rings. The summed E-state index contributed by atoms with van der Waals surface area (Å²) in [6.45, 7) is 10.4. The zero-order chi connectivity index (χ0) is 12.3. The number of likely N-dealkylation sites (tertiary alicyclic amines) is 1. The summed E-state index contributed by atoms with van der Waals surface area (Å²) < 4.78 is 5.69. The monoisotopic (exact) mass is 235 g/mol. The molecule has 0 saturated carbocycles. The molecule has 2 heterocycles. The quantitative estimate of drug-likeness (QED) is 0.789. The average Bonchev–Trinajstić information content (AvgIpc) is 2.73. The first-order valence-electron chi connectivity index (χ1n) is 6.94. The van der Waals surface area contributed by atoms with Crippen LogP contribution in [0.3, 0.4) is 0 Å². The van der Waals surface area contributed by atoms with Crippen molar-refractivity contribution in [1.29, 1.82) is 0 Å². The highest BCUT2D eigenvalue weighted by Crippen LogP contribution is 2.23. The molecule has 0 radical (unpaired) electrons. The van der Waals surface area contributed by atoms with Crippen LogP contribution in [0.5, 0.6) is 0 Å². The van der Waals surface area contributed by atoms with E-state index in [1.807, 2.05) is 6.92 Å². The summed E-state index contributed by atoms with van der Waals surface area (Å²) in [5.41, 5.74) is 0. The van der Waals surface area contributed by atoms with E-state index < -0.39 is 0 Å². The molecule has 0 unspecified atom stereocenters. The molecular weight excluding hydrogens is 210 g/mol. The minimum absolute atomic E-state index is 0.543. The van der Waals surface area contributed by atoms with Crippen molar-refractivity contribution in [3.8, 4) is 0 Å². The Labute approximate surface area is 105 Å². The first-order chi connectivity index (χ1) is 8.15. The Kier molecular flexibility index (Phi) is 4.27. The summed E-state index contributed by atoms with van der Waals surface area (Å²) in [6.07, 6.45) is 3.98. The fourth-order valence-corrected chi connectivity index (χ4v) is 2.73. The SMILES string of the molecule is Cc1ccc([C@@H](C)CCN2CCC[C@H](C)C2)o1. The molecule has 0 N–H and O–H groups in total. The lowest BCUT2D eigenvalue weighted by molar-refractivity contribution is 0.177. The van der Waals surface area contributed by atoms with E-state index in [0.29, 0.717) is 5.92 Å². The Hall–Kier alpha value is -0.760. The van der Waals surface area contributed by atoms with Crippen LogP contribution in [0.25, 0.3) is 0 Å². The molecule has 2 atom stereocenters. The highest BCUT2D eigenvalue weighted by Gasteiger charge is 2.17. The van der Waals surface area contributed by atoms with Crippen molar-refractivity contribution in [3.05, 3.63) is 23.7 Å². The molecule has 1 aromatic heterocycles. The summed E-state index contributed by atoms with van der Waals surface area (Å²) in [6, 6.07) is 4.19. The molecule has 2 heteroatoms. The van der Waals surface area contributed by atoms with Gasteiger partial charge in [0.2, 0.25) is 0 Å². The lowest BCUT2D eigenvalue weighted by Gasteiger charge is -2.31. The summed E-state index contributed by atoms with van der Waals surface area (Å²) in [7, 11) is 0. The van der Waals surface area contributed by atoms with E-state index in [-0.39, 0.29) is 0 Å². The van der Waals surface area contributed by atoms with Crippen LogP contribution in [0.1, 0.15) is 50.5 Å². The molecular formula is C15H25NO. The van der Waals surface area contributed by atoms with Crippen LogP contribution in [0, 0.1) is 12.8 Å². The van der Waals surface area contributed by atoms with Gasteiger partial charge in [-0.1, -0.05) is 13.8 Å². The van der Waals surface area contributed by atoms with Crippen molar-refractivity contribution in [2.75, 3.05) is 19.6 Å². The second-order valence-corrected chi connectivity index (χ2v) is 5.69. The first kappa shape index (κ1) is 12.7. The van der Waals surface area contributed by atoms with Gasteiger partial charge in [0.25, 0.3) is 0 Å². The van der Waals surface area contributed by atoms with Crippen LogP contribution in [-0.4, -0.2) is 24.5 Å². The number of hydrogen-bond donors (Lipinski definition) is 0. The van der Waals surface area contributed by atoms with Crippen LogP contribution in [0.2, 0.25) is 0 Å². The van der Waals surface area contributed by atoms with Gasteiger partial charge >= 0.3 is 0 Å². The Bertz CT molecular complexity index is 344. The summed E-state index contributed by atoms with van der Waals surface area (Å²) in [5.74, 6) is 3.59. The van der Waals surface area contributed by atoms with Crippen LogP contribution in [0.15, 0.2) is 16.5 Å². The largest absolute Gasteiger partial charge is 0.466 e. The first-order valence-corrected chi connectivity index (χ1v) is 6.94. The Morgan fingerprint density at radius 2 is 2.29 bits per heavy atom. The smallest absolute Gasteiger partial charge is 0.107 e. The van der Waals surface area contributed by atoms with E-state index in [1.54, 1.807) is 0 Å². The van der Waals surface area contributed by atoms with Crippen molar-refractivity contribution in [1.82, 2.24) is 4.90 Å². The zero-order valence-electron chi connectivity index (χ0n) is 11.4. The summed E-state index contributed by atoms with van der Waals surface area (Å²) in [4.78, 5) is 2.61. The maximum atomic E-state index is 5.69. The second kappa shape index (κ2) is 5.72. The van der Waals surface area contributed by atoms with Crippen LogP contribution >= 0.6 is 0 Å². The lowest BCUT2D eigenvalue weighted by Crippen LogP contribution is -2.35. The van der Waals surface area contributed by atoms with E-state index in [2.05, 4.69) is 30.9 Å². The molecule has 0 aromatic carbocycles. The third kappa shape index (κ3) is 3.60. The predicted molar refractivity (Wildman–Crippen MR) is 71.3 cm³/mol. The van der Waals surface area contributed by atoms with Gasteiger partial charge in [0.15, 0.2) is 0 Å². The van der Waals surface area contributed by atoms with Gasteiger partial charge < -0.3 is 9.32 Å². The molecule has 96 valence electrons. The molecule has 0 aliphatic carbocycles. The zero-order valence-corrected chi connectivity index (χ0v) is 11.4. The van der Waals surface area contributed by atoms with Gasteiger partial charge in [0.1, 0.15) is 11.5 Å². The van der Waals surface area contributed by atoms with E-state index in [1.165, 1.54) is 38.9 Å². The van der Waals surface area contributed by atoms with E-state index in [9.17, 15) is 0 Å². The highest BCUT2D eigenvalue weighted by atomic mass is 16.3. The third-order valence-corrected chi connectivity index (χ3v) is 3.87. The summed E-state index contributed by atoms with van der Waals surface area (Å²) >= 11 is 0. The molecule has 2 rings (SSSR count). The average molecular weight is 235 g/mol. The van der Waals surface area contributed by atoms with Crippen molar-refractivity contribution >= 4 is 0 Å². The van der Waals surface area contributed by atoms with E-state index >= 15 is 0 Å². The fourth-order valence-electron chi connectivity index (χ4n) is 2.73. The topological polar surface area (TPSA) is 16.4 Å². The van der Waals surface area contributed by atoms with Gasteiger partial charge in [0, 0.05) is 12.5 Å². The summed E-state index contributed by atoms with van der Waals surface area (Å²) in [5, 5.41) is 0. The minimum atomic E-state index is 0.543. The Morgan fingerprint density at radius 1 is 1.47 bits per heavy atom. The number of rotatable bonds is 4. The number of furan rings is 1.